The summed E-state index contributed by atoms with van der Waals surface area (Å²) in [7, 11) is -3.53. The van der Waals surface area contributed by atoms with Crippen molar-refractivity contribution in [1.29, 1.82) is 0 Å². The maximum absolute atomic E-state index is 13.2. The Morgan fingerprint density at radius 2 is 1.90 bits per heavy atom. The molecule has 1 rings (SSSR count). The highest BCUT2D eigenvalue weighted by Gasteiger charge is 2.22. The van der Waals surface area contributed by atoms with Gasteiger partial charge in [0, 0.05) is 11.8 Å². The zero-order valence-electron chi connectivity index (χ0n) is 11.4. The first-order valence-electron chi connectivity index (χ1n) is 5.62. The van der Waals surface area contributed by atoms with Gasteiger partial charge in [0.15, 0.2) is 15.8 Å². The molecule has 1 amide bonds. The SMILES string of the molecule is Cc1cc(C(=O)N=C(N)N)c(CF)c(C)c1S(C)(=O)=O. The van der Waals surface area contributed by atoms with E-state index in [1.165, 1.54) is 19.9 Å². The van der Waals surface area contributed by atoms with Gasteiger partial charge >= 0.3 is 0 Å². The maximum Gasteiger partial charge on any atom is 0.280 e. The van der Waals surface area contributed by atoms with Gasteiger partial charge in [0.05, 0.1) is 4.90 Å². The largest absolute Gasteiger partial charge is 0.370 e. The normalized spacial score (nSPS) is 11.2. The van der Waals surface area contributed by atoms with Gasteiger partial charge in [-0.15, -0.1) is 0 Å². The molecule has 6 nitrogen and oxygen atoms in total. The molecular formula is C12H16FN3O3S. The van der Waals surface area contributed by atoms with Crippen molar-refractivity contribution in [3.05, 3.63) is 28.3 Å². The molecule has 0 unspecified atom stereocenters. The van der Waals surface area contributed by atoms with Crippen molar-refractivity contribution < 1.29 is 17.6 Å². The summed E-state index contributed by atoms with van der Waals surface area (Å²) in [4.78, 5) is 15.2. The molecule has 0 aliphatic heterocycles. The van der Waals surface area contributed by atoms with Crippen LogP contribution in [0, 0.1) is 13.8 Å². The number of nitrogens with zero attached hydrogens (tertiary/aromatic N) is 1. The predicted molar refractivity (Wildman–Crippen MR) is 74.0 cm³/mol. The van der Waals surface area contributed by atoms with Gasteiger partial charge in [-0.05, 0) is 36.6 Å². The molecule has 1 aromatic rings. The smallest absolute Gasteiger partial charge is 0.280 e. The van der Waals surface area contributed by atoms with E-state index in [0.717, 1.165) is 6.26 Å². The third-order valence-electron chi connectivity index (χ3n) is 2.80. The van der Waals surface area contributed by atoms with Gasteiger partial charge in [-0.25, -0.2) is 12.8 Å². The number of guanidine groups is 1. The van der Waals surface area contributed by atoms with Crippen LogP contribution in [-0.4, -0.2) is 26.5 Å². The van der Waals surface area contributed by atoms with Crippen molar-refractivity contribution in [3.8, 4) is 0 Å². The average molecular weight is 301 g/mol. The van der Waals surface area contributed by atoms with Crippen LogP contribution < -0.4 is 11.5 Å². The molecule has 0 saturated carbocycles. The van der Waals surface area contributed by atoms with Crippen LogP contribution in [0.5, 0.6) is 0 Å². The third-order valence-corrected chi connectivity index (χ3v) is 4.17. The number of nitrogens with two attached hydrogens (primary N) is 2. The molecule has 0 aliphatic carbocycles. The Bertz CT molecular complexity index is 692. The number of aliphatic imine (C=N–C) groups is 1. The number of hydrogen-bond donors (Lipinski definition) is 2. The van der Waals surface area contributed by atoms with Crippen molar-refractivity contribution >= 4 is 21.7 Å². The number of alkyl halides is 1. The first-order chi connectivity index (χ1) is 9.09. The van der Waals surface area contributed by atoms with Crippen LogP contribution in [0.25, 0.3) is 0 Å². The number of sulfone groups is 1. The summed E-state index contributed by atoms with van der Waals surface area (Å²) >= 11 is 0. The average Bonchev–Trinajstić information content (AvgIpc) is 2.25. The first-order valence-corrected chi connectivity index (χ1v) is 7.51. The fraction of sp³-hybridized carbons (Fsp3) is 0.333. The predicted octanol–water partition coefficient (Wildman–Crippen LogP) is 0.590. The van der Waals surface area contributed by atoms with E-state index in [-0.39, 0.29) is 21.6 Å². The quantitative estimate of drug-likeness (QED) is 0.626. The van der Waals surface area contributed by atoms with Gasteiger partial charge in [-0.3, -0.25) is 4.79 Å². The Morgan fingerprint density at radius 3 is 2.30 bits per heavy atom. The highest BCUT2D eigenvalue weighted by molar-refractivity contribution is 7.90. The molecule has 1 aromatic carbocycles. The van der Waals surface area contributed by atoms with Gasteiger partial charge < -0.3 is 11.5 Å². The molecule has 0 radical (unpaired) electrons. The minimum Gasteiger partial charge on any atom is -0.370 e. The molecule has 0 aliphatic rings. The van der Waals surface area contributed by atoms with E-state index in [2.05, 4.69) is 4.99 Å². The zero-order valence-corrected chi connectivity index (χ0v) is 12.2. The number of rotatable bonds is 3. The van der Waals surface area contributed by atoms with Crippen LogP contribution >= 0.6 is 0 Å². The van der Waals surface area contributed by atoms with E-state index in [0.29, 0.717) is 5.56 Å². The second kappa shape index (κ2) is 5.58. The summed E-state index contributed by atoms with van der Waals surface area (Å²) in [5.74, 6) is -1.24. The van der Waals surface area contributed by atoms with Crippen molar-refractivity contribution in [2.75, 3.05) is 6.26 Å². The van der Waals surface area contributed by atoms with Gasteiger partial charge in [-0.1, -0.05) is 0 Å². The topological polar surface area (TPSA) is 116 Å². The molecule has 0 saturated heterocycles. The number of amides is 1. The molecular weight excluding hydrogens is 285 g/mol. The lowest BCUT2D eigenvalue weighted by Crippen LogP contribution is -2.24. The number of halogens is 1. The van der Waals surface area contributed by atoms with Crippen molar-refractivity contribution in [2.45, 2.75) is 25.4 Å². The fourth-order valence-electron chi connectivity index (χ4n) is 2.11. The number of hydrogen-bond acceptors (Lipinski definition) is 3. The minimum absolute atomic E-state index is 0.0198. The molecule has 0 heterocycles. The zero-order chi connectivity index (χ0) is 15.7. The molecule has 0 aromatic heterocycles. The van der Waals surface area contributed by atoms with Crippen molar-refractivity contribution in [1.82, 2.24) is 0 Å². The Hall–Kier alpha value is -1.96. The lowest BCUT2D eigenvalue weighted by Gasteiger charge is -2.14. The molecule has 0 atom stereocenters. The molecule has 110 valence electrons. The standard InChI is InChI=1S/C12H16FN3O3S/c1-6-4-8(11(17)16-12(14)15)9(5-13)7(2)10(6)20(3,18)19/h4H,5H2,1-3H3,(H4,14,15,16,17). The number of carbonyl (C=O) groups is 1. The Morgan fingerprint density at radius 1 is 1.35 bits per heavy atom. The van der Waals surface area contributed by atoms with E-state index in [1.54, 1.807) is 0 Å². The molecule has 0 bridgehead atoms. The van der Waals surface area contributed by atoms with Crippen LogP contribution in [0.15, 0.2) is 16.0 Å². The minimum atomic E-state index is -3.53. The monoisotopic (exact) mass is 301 g/mol. The summed E-state index contributed by atoms with van der Waals surface area (Å²) in [5, 5.41) is 0. The molecule has 20 heavy (non-hydrogen) atoms. The summed E-state index contributed by atoms with van der Waals surface area (Å²) in [6, 6.07) is 1.28. The van der Waals surface area contributed by atoms with E-state index in [4.69, 9.17) is 11.5 Å². The van der Waals surface area contributed by atoms with Gasteiger partial charge in [0.25, 0.3) is 5.91 Å². The lowest BCUT2D eigenvalue weighted by atomic mass is 9.99. The number of aryl methyl sites for hydroxylation is 1. The molecule has 0 fully saturated rings. The molecule has 8 heteroatoms. The highest BCUT2D eigenvalue weighted by atomic mass is 32.2. The van der Waals surface area contributed by atoms with Crippen molar-refractivity contribution in [2.24, 2.45) is 16.5 Å². The van der Waals surface area contributed by atoms with Crippen LogP contribution in [-0.2, 0) is 16.5 Å². The van der Waals surface area contributed by atoms with Crippen LogP contribution in [0.2, 0.25) is 0 Å². The van der Waals surface area contributed by atoms with Crippen LogP contribution in [0.1, 0.15) is 27.0 Å². The Kier molecular flexibility index (Phi) is 4.49. The summed E-state index contributed by atoms with van der Waals surface area (Å²) in [5.41, 5.74) is 10.7. The van der Waals surface area contributed by atoms with Gasteiger partial charge in [-0.2, -0.15) is 4.99 Å². The van der Waals surface area contributed by atoms with Gasteiger partial charge in [0.1, 0.15) is 6.67 Å². The number of carbonyl (C=O) groups excluding carboxylic acids is 1. The van der Waals surface area contributed by atoms with Gasteiger partial charge in [0.2, 0.25) is 0 Å². The maximum atomic E-state index is 13.2. The Balaban J connectivity index is 3.68. The first kappa shape index (κ1) is 16.1. The van der Waals surface area contributed by atoms with Crippen LogP contribution in [0.3, 0.4) is 0 Å². The number of benzene rings is 1. The summed E-state index contributed by atoms with van der Waals surface area (Å²) in [6.07, 6.45) is 1.03. The second-order valence-electron chi connectivity index (χ2n) is 4.42. The fourth-order valence-corrected chi connectivity index (χ4v) is 3.44. The lowest BCUT2D eigenvalue weighted by molar-refractivity contribution is 0.100. The second-order valence-corrected chi connectivity index (χ2v) is 6.37. The third kappa shape index (κ3) is 3.13. The van der Waals surface area contributed by atoms with E-state index < -0.39 is 28.4 Å². The molecule has 0 spiro atoms. The summed E-state index contributed by atoms with van der Waals surface area (Å²) < 4.78 is 36.6. The van der Waals surface area contributed by atoms with E-state index >= 15 is 0 Å². The Labute approximate surface area is 116 Å². The van der Waals surface area contributed by atoms with E-state index in [9.17, 15) is 17.6 Å². The van der Waals surface area contributed by atoms with Crippen molar-refractivity contribution in [3.63, 3.8) is 0 Å². The molecule has 4 N–H and O–H groups in total. The van der Waals surface area contributed by atoms with Crippen LogP contribution in [0.4, 0.5) is 4.39 Å². The highest BCUT2D eigenvalue weighted by Crippen LogP contribution is 2.27. The van der Waals surface area contributed by atoms with E-state index in [1.807, 2.05) is 0 Å². The summed E-state index contributed by atoms with van der Waals surface area (Å²) in [6.45, 7) is 1.98.